The average molecular weight is 443 g/mol. The molecule has 0 saturated carbocycles. The normalized spacial score (nSPS) is 13.7. The van der Waals surface area contributed by atoms with E-state index in [0.717, 1.165) is 16.3 Å². The van der Waals surface area contributed by atoms with Crippen LogP contribution >= 0.6 is 11.8 Å². The van der Waals surface area contributed by atoms with E-state index in [1.807, 2.05) is 55.6 Å². The Balaban J connectivity index is 1.79. The minimum atomic E-state index is -3.79. The molecule has 0 radical (unpaired) electrons. The van der Waals surface area contributed by atoms with Crippen LogP contribution in [0.5, 0.6) is 0 Å². The van der Waals surface area contributed by atoms with E-state index in [0.29, 0.717) is 12.2 Å². The summed E-state index contributed by atoms with van der Waals surface area (Å²) in [6.45, 7) is 1.91. The Morgan fingerprint density at radius 3 is 2.37 bits per heavy atom. The highest BCUT2D eigenvalue weighted by molar-refractivity contribution is 7.98. The number of thioether (sulfide) groups is 1. The highest BCUT2D eigenvalue weighted by atomic mass is 32.2. The largest absolute Gasteiger partial charge is 0.348 e. The van der Waals surface area contributed by atoms with Gasteiger partial charge in [-0.1, -0.05) is 60.7 Å². The van der Waals surface area contributed by atoms with E-state index in [2.05, 4.69) is 10.0 Å². The molecule has 30 heavy (non-hydrogen) atoms. The second kappa shape index (κ2) is 10.1. The first-order valence-corrected chi connectivity index (χ1v) is 12.6. The molecule has 1 amide bonds. The zero-order valence-electron chi connectivity index (χ0n) is 17.0. The van der Waals surface area contributed by atoms with Crippen molar-refractivity contribution in [2.45, 2.75) is 30.3 Å². The first kappa shape index (κ1) is 22.3. The predicted molar refractivity (Wildman–Crippen MR) is 124 cm³/mol. The Bertz CT molecular complexity index is 1100. The van der Waals surface area contributed by atoms with Gasteiger partial charge in [0.15, 0.2) is 0 Å². The zero-order chi connectivity index (χ0) is 21.6. The lowest BCUT2D eigenvalue weighted by Crippen LogP contribution is -2.47. The molecule has 7 heteroatoms. The molecule has 0 aliphatic heterocycles. The average Bonchev–Trinajstić information content (AvgIpc) is 2.76. The molecule has 0 spiro atoms. The predicted octanol–water partition coefficient (Wildman–Crippen LogP) is 4.12. The molecule has 0 saturated heterocycles. The van der Waals surface area contributed by atoms with E-state index in [9.17, 15) is 13.2 Å². The Kier molecular flexibility index (Phi) is 7.53. The number of hydrogen-bond acceptors (Lipinski definition) is 4. The van der Waals surface area contributed by atoms with Gasteiger partial charge in [-0.25, -0.2) is 8.42 Å². The number of amides is 1. The molecule has 3 rings (SSSR count). The van der Waals surface area contributed by atoms with Crippen LogP contribution in [0.2, 0.25) is 0 Å². The van der Waals surface area contributed by atoms with E-state index in [1.165, 1.54) is 12.1 Å². The van der Waals surface area contributed by atoms with Crippen molar-refractivity contribution in [2.24, 2.45) is 0 Å². The molecule has 2 N–H and O–H groups in total. The molecular formula is C23H26N2O3S2. The number of benzene rings is 3. The van der Waals surface area contributed by atoms with Gasteiger partial charge in [-0.05, 0) is 53.8 Å². The molecule has 3 aromatic carbocycles. The Morgan fingerprint density at radius 1 is 0.967 bits per heavy atom. The highest BCUT2D eigenvalue weighted by Crippen LogP contribution is 2.24. The van der Waals surface area contributed by atoms with Gasteiger partial charge >= 0.3 is 0 Å². The summed E-state index contributed by atoms with van der Waals surface area (Å²) in [7, 11) is -3.79. The molecule has 0 aliphatic rings. The van der Waals surface area contributed by atoms with Gasteiger partial charge in [0.05, 0.1) is 10.9 Å². The maximum Gasteiger partial charge on any atom is 0.241 e. The number of rotatable bonds is 9. The third kappa shape index (κ3) is 5.41. The van der Waals surface area contributed by atoms with Crippen molar-refractivity contribution in [2.75, 3.05) is 12.0 Å². The van der Waals surface area contributed by atoms with Crippen LogP contribution in [0.15, 0.2) is 77.7 Å². The Labute approximate surface area is 182 Å². The van der Waals surface area contributed by atoms with Crippen LogP contribution in [0, 0.1) is 0 Å². The maximum absolute atomic E-state index is 13.0. The van der Waals surface area contributed by atoms with Crippen LogP contribution in [0.25, 0.3) is 10.8 Å². The number of hydrogen-bond donors (Lipinski definition) is 2. The second-order valence-electron chi connectivity index (χ2n) is 7.07. The molecule has 0 fully saturated rings. The molecule has 2 unspecified atom stereocenters. The van der Waals surface area contributed by atoms with Gasteiger partial charge in [-0.15, -0.1) is 0 Å². The van der Waals surface area contributed by atoms with Crippen molar-refractivity contribution in [3.05, 3.63) is 78.4 Å². The van der Waals surface area contributed by atoms with Gasteiger partial charge in [0.1, 0.15) is 6.04 Å². The third-order valence-corrected chi connectivity index (χ3v) is 7.06. The van der Waals surface area contributed by atoms with E-state index in [1.54, 1.807) is 30.0 Å². The van der Waals surface area contributed by atoms with E-state index in [4.69, 9.17) is 0 Å². The first-order valence-electron chi connectivity index (χ1n) is 9.76. The SMILES string of the molecule is CSCCC(NS(=O)(=O)c1ccccc1)C(=O)NC(C)c1cccc2ccccc12. The summed E-state index contributed by atoms with van der Waals surface area (Å²) in [5, 5.41) is 5.16. The molecule has 0 aliphatic carbocycles. The van der Waals surface area contributed by atoms with Gasteiger partial charge in [0.2, 0.25) is 15.9 Å². The lowest BCUT2D eigenvalue weighted by molar-refractivity contribution is -0.123. The topological polar surface area (TPSA) is 75.3 Å². The minimum absolute atomic E-state index is 0.147. The van der Waals surface area contributed by atoms with Gasteiger partial charge in [-0.3, -0.25) is 4.79 Å². The van der Waals surface area contributed by atoms with Crippen LogP contribution in [0.1, 0.15) is 24.9 Å². The fourth-order valence-electron chi connectivity index (χ4n) is 3.35. The fourth-order valence-corrected chi connectivity index (χ4v) is 5.08. The highest BCUT2D eigenvalue weighted by Gasteiger charge is 2.26. The van der Waals surface area contributed by atoms with E-state index in [-0.39, 0.29) is 16.8 Å². The lowest BCUT2D eigenvalue weighted by Gasteiger charge is -2.22. The quantitative estimate of drug-likeness (QED) is 0.523. The molecule has 5 nitrogen and oxygen atoms in total. The summed E-state index contributed by atoms with van der Waals surface area (Å²) in [5.41, 5.74) is 0.996. The number of carbonyl (C=O) groups excluding carboxylic acids is 1. The van der Waals surface area contributed by atoms with Gasteiger partial charge < -0.3 is 5.32 Å². The van der Waals surface area contributed by atoms with Crippen LogP contribution < -0.4 is 10.0 Å². The van der Waals surface area contributed by atoms with Crippen molar-refractivity contribution in [3.63, 3.8) is 0 Å². The lowest BCUT2D eigenvalue weighted by atomic mass is 9.99. The number of fused-ring (bicyclic) bond motifs is 1. The first-order chi connectivity index (χ1) is 14.4. The zero-order valence-corrected chi connectivity index (χ0v) is 18.7. The molecule has 0 heterocycles. The van der Waals surface area contributed by atoms with Crippen molar-refractivity contribution in [1.82, 2.24) is 10.0 Å². The summed E-state index contributed by atoms with van der Waals surface area (Å²) < 4.78 is 28.1. The molecule has 158 valence electrons. The van der Waals surface area contributed by atoms with Crippen molar-refractivity contribution >= 4 is 38.5 Å². The van der Waals surface area contributed by atoms with Crippen molar-refractivity contribution in [1.29, 1.82) is 0 Å². The molecule has 0 aromatic heterocycles. The summed E-state index contributed by atoms with van der Waals surface area (Å²) >= 11 is 1.57. The van der Waals surface area contributed by atoms with Crippen molar-refractivity contribution in [3.8, 4) is 0 Å². The molecule has 3 aromatic rings. The van der Waals surface area contributed by atoms with Crippen LogP contribution in [0.3, 0.4) is 0 Å². The number of nitrogens with one attached hydrogen (secondary N) is 2. The summed E-state index contributed by atoms with van der Waals surface area (Å²) in [6, 6.07) is 21.0. The monoisotopic (exact) mass is 442 g/mol. The van der Waals surface area contributed by atoms with Gasteiger partial charge in [0, 0.05) is 0 Å². The van der Waals surface area contributed by atoms with Crippen molar-refractivity contribution < 1.29 is 13.2 Å². The second-order valence-corrected chi connectivity index (χ2v) is 9.77. The van der Waals surface area contributed by atoms with Crippen LogP contribution in [-0.2, 0) is 14.8 Å². The third-order valence-electron chi connectivity index (χ3n) is 4.93. The Morgan fingerprint density at radius 2 is 1.63 bits per heavy atom. The summed E-state index contributed by atoms with van der Waals surface area (Å²) in [4.78, 5) is 13.2. The van der Waals surface area contributed by atoms with Crippen LogP contribution in [-0.4, -0.2) is 32.4 Å². The molecule has 2 atom stereocenters. The molecular weight excluding hydrogens is 416 g/mol. The number of sulfonamides is 1. The standard InChI is InChI=1S/C23H26N2O3S2/c1-17(20-14-8-10-18-9-6-7-13-21(18)20)24-23(26)22(15-16-29-2)25-30(27,28)19-11-4-3-5-12-19/h3-14,17,22,25H,15-16H2,1-2H3,(H,24,26). The van der Waals surface area contributed by atoms with E-state index < -0.39 is 16.1 Å². The van der Waals surface area contributed by atoms with Crippen LogP contribution in [0.4, 0.5) is 0 Å². The number of carbonyl (C=O) groups is 1. The minimum Gasteiger partial charge on any atom is -0.348 e. The Hall–Kier alpha value is -2.35. The van der Waals surface area contributed by atoms with Gasteiger partial charge in [-0.2, -0.15) is 16.5 Å². The summed E-state index contributed by atoms with van der Waals surface area (Å²) in [6.07, 6.45) is 2.33. The smallest absolute Gasteiger partial charge is 0.241 e. The van der Waals surface area contributed by atoms with E-state index >= 15 is 0 Å². The summed E-state index contributed by atoms with van der Waals surface area (Å²) in [5.74, 6) is 0.335. The fraction of sp³-hybridized carbons (Fsp3) is 0.261. The van der Waals surface area contributed by atoms with Gasteiger partial charge in [0.25, 0.3) is 0 Å². The molecule has 0 bridgehead atoms. The maximum atomic E-state index is 13.0.